The molecule has 0 radical (unpaired) electrons. The second-order valence-corrected chi connectivity index (χ2v) is 5.19. The van der Waals surface area contributed by atoms with Crippen LogP contribution in [0.25, 0.3) is 0 Å². The van der Waals surface area contributed by atoms with Gasteiger partial charge in [0.25, 0.3) is 0 Å². The van der Waals surface area contributed by atoms with Crippen molar-refractivity contribution in [3.8, 4) is 0 Å². The van der Waals surface area contributed by atoms with E-state index in [4.69, 9.17) is 0 Å². The largest absolute Gasteiger partial charge is 0.325 e. The van der Waals surface area contributed by atoms with E-state index in [2.05, 4.69) is 21.2 Å². The molecule has 0 atom stereocenters. The summed E-state index contributed by atoms with van der Waals surface area (Å²) in [6.07, 6.45) is 0.296. The van der Waals surface area contributed by atoms with Gasteiger partial charge >= 0.3 is 0 Å². The highest BCUT2D eigenvalue weighted by Crippen LogP contribution is 2.23. The van der Waals surface area contributed by atoms with Crippen molar-refractivity contribution in [2.45, 2.75) is 13.3 Å². The third-order valence-corrected chi connectivity index (χ3v) is 3.35. The first-order valence-corrected chi connectivity index (χ1v) is 6.64. The first-order chi connectivity index (χ1) is 9.04. The van der Waals surface area contributed by atoms with Crippen molar-refractivity contribution in [2.24, 2.45) is 0 Å². The van der Waals surface area contributed by atoms with Crippen molar-refractivity contribution < 1.29 is 9.18 Å². The number of hydrogen-bond donors (Lipinski definition) is 1. The third-order valence-electron chi connectivity index (χ3n) is 2.69. The lowest BCUT2D eigenvalue weighted by Gasteiger charge is -2.07. The fraction of sp³-hybridized carbons (Fsp3) is 0.133. The van der Waals surface area contributed by atoms with Crippen molar-refractivity contribution in [3.05, 3.63) is 63.9 Å². The molecule has 4 heteroatoms. The number of aryl methyl sites for hydroxylation is 1. The summed E-state index contributed by atoms with van der Waals surface area (Å²) in [6, 6.07) is 12.0. The molecule has 0 fully saturated rings. The van der Waals surface area contributed by atoms with E-state index in [0.29, 0.717) is 16.6 Å². The van der Waals surface area contributed by atoms with Gasteiger partial charge in [0, 0.05) is 4.47 Å². The Labute approximate surface area is 119 Å². The molecule has 0 aliphatic rings. The Balaban J connectivity index is 2.03. The molecule has 2 aromatic rings. The molecule has 0 aliphatic heterocycles. The lowest BCUT2D eigenvalue weighted by molar-refractivity contribution is -0.115. The molecule has 0 aliphatic carbocycles. The standard InChI is InChI=1S/C15H13BrFNO/c1-10-2-4-11(5-3-10)8-15(19)18-14-7-6-12(17)9-13(14)16/h2-7,9H,8H2,1H3,(H,18,19). The van der Waals surface area contributed by atoms with Gasteiger partial charge in [-0.1, -0.05) is 29.8 Å². The minimum absolute atomic E-state index is 0.129. The van der Waals surface area contributed by atoms with Crippen LogP contribution < -0.4 is 5.32 Å². The van der Waals surface area contributed by atoms with E-state index >= 15 is 0 Å². The number of hydrogen-bond acceptors (Lipinski definition) is 1. The van der Waals surface area contributed by atoms with E-state index in [1.807, 2.05) is 31.2 Å². The fourth-order valence-corrected chi connectivity index (χ4v) is 2.13. The van der Waals surface area contributed by atoms with Gasteiger partial charge in [0.15, 0.2) is 0 Å². The van der Waals surface area contributed by atoms with Crippen molar-refractivity contribution in [1.29, 1.82) is 0 Å². The molecule has 2 nitrogen and oxygen atoms in total. The number of carbonyl (C=O) groups is 1. The summed E-state index contributed by atoms with van der Waals surface area (Å²) in [4.78, 5) is 11.9. The van der Waals surface area contributed by atoms with Gasteiger partial charge in [-0.15, -0.1) is 0 Å². The predicted octanol–water partition coefficient (Wildman–Crippen LogP) is 4.08. The zero-order valence-electron chi connectivity index (χ0n) is 10.4. The van der Waals surface area contributed by atoms with Crippen LogP contribution in [0.4, 0.5) is 10.1 Å². The van der Waals surface area contributed by atoms with Crippen LogP contribution in [0.15, 0.2) is 46.9 Å². The molecule has 2 rings (SSSR count). The van der Waals surface area contributed by atoms with Crippen molar-refractivity contribution >= 4 is 27.5 Å². The number of carbonyl (C=O) groups excluding carboxylic acids is 1. The molecular weight excluding hydrogens is 309 g/mol. The lowest BCUT2D eigenvalue weighted by atomic mass is 10.1. The van der Waals surface area contributed by atoms with E-state index in [9.17, 15) is 9.18 Å². The van der Waals surface area contributed by atoms with Crippen molar-refractivity contribution in [3.63, 3.8) is 0 Å². The van der Waals surface area contributed by atoms with E-state index in [1.54, 1.807) is 0 Å². The Bertz CT molecular complexity index is 596. The second-order valence-electron chi connectivity index (χ2n) is 4.33. The van der Waals surface area contributed by atoms with Crippen LogP contribution in [0.1, 0.15) is 11.1 Å². The maximum absolute atomic E-state index is 12.9. The molecular formula is C15H13BrFNO. The lowest BCUT2D eigenvalue weighted by Crippen LogP contribution is -2.14. The molecule has 0 unspecified atom stereocenters. The van der Waals surface area contributed by atoms with Gasteiger partial charge in [-0.3, -0.25) is 4.79 Å². The van der Waals surface area contributed by atoms with Crippen molar-refractivity contribution in [1.82, 2.24) is 0 Å². The molecule has 0 bridgehead atoms. The highest BCUT2D eigenvalue weighted by Gasteiger charge is 2.07. The van der Waals surface area contributed by atoms with Crippen LogP contribution in [-0.4, -0.2) is 5.91 Å². The number of halogens is 2. The van der Waals surface area contributed by atoms with Crippen LogP contribution in [0.5, 0.6) is 0 Å². The Kier molecular flexibility index (Phi) is 4.32. The summed E-state index contributed by atoms with van der Waals surface area (Å²) >= 11 is 3.22. The molecule has 0 heterocycles. The van der Waals surface area contributed by atoms with Gasteiger partial charge in [-0.25, -0.2) is 4.39 Å². The Hall–Kier alpha value is -1.68. The van der Waals surface area contributed by atoms with Crippen LogP contribution in [0.2, 0.25) is 0 Å². The van der Waals surface area contributed by atoms with E-state index in [1.165, 1.54) is 18.2 Å². The molecule has 19 heavy (non-hydrogen) atoms. The van der Waals surface area contributed by atoms with Gasteiger partial charge in [0.1, 0.15) is 5.82 Å². The Morgan fingerprint density at radius 1 is 1.21 bits per heavy atom. The third kappa shape index (κ3) is 3.89. The minimum atomic E-state index is -0.344. The van der Waals surface area contributed by atoms with Crippen LogP contribution in [-0.2, 0) is 11.2 Å². The number of amides is 1. The Morgan fingerprint density at radius 3 is 2.53 bits per heavy atom. The summed E-state index contributed by atoms with van der Waals surface area (Å²) in [6.45, 7) is 2.00. The normalized spacial score (nSPS) is 10.3. The summed E-state index contributed by atoms with van der Waals surface area (Å²) in [5, 5.41) is 2.75. The molecule has 98 valence electrons. The number of benzene rings is 2. The molecule has 1 N–H and O–H groups in total. The molecule has 0 aromatic heterocycles. The van der Waals surface area contributed by atoms with Crippen LogP contribution in [0.3, 0.4) is 0 Å². The summed E-state index contributed by atoms with van der Waals surface area (Å²) in [7, 11) is 0. The molecule has 0 saturated carbocycles. The van der Waals surface area contributed by atoms with Gasteiger partial charge < -0.3 is 5.32 Å². The quantitative estimate of drug-likeness (QED) is 0.906. The zero-order valence-corrected chi connectivity index (χ0v) is 12.0. The molecule has 0 saturated heterocycles. The highest BCUT2D eigenvalue weighted by molar-refractivity contribution is 9.10. The average molecular weight is 322 g/mol. The Morgan fingerprint density at radius 2 is 1.89 bits per heavy atom. The monoisotopic (exact) mass is 321 g/mol. The zero-order chi connectivity index (χ0) is 13.8. The maximum Gasteiger partial charge on any atom is 0.228 e. The first kappa shape index (κ1) is 13.7. The average Bonchev–Trinajstić information content (AvgIpc) is 2.36. The molecule has 0 spiro atoms. The van der Waals surface area contributed by atoms with E-state index in [-0.39, 0.29) is 11.7 Å². The summed E-state index contributed by atoms with van der Waals surface area (Å²) in [5.74, 6) is -0.473. The first-order valence-electron chi connectivity index (χ1n) is 5.85. The van der Waals surface area contributed by atoms with E-state index in [0.717, 1.165) is 11.1 Å². The topological polar surface area (TPSA) is 29.1 Å². The number of anilines is 1. The molecule has 1 amide bonds. The second kappa shape index (κ2) is 5.97. The molecule has 2 aromatic carbocycles. The highest BCUT2D eigenvalue weighted by atomic mass is 79.9. The number of rotatable bonds is 3. The number of nitrogens with one attached hydrogen (secondary N) is 1. The fourth-order valence-electron chi connectivity index (χ4n) is 1.68. The summed E-state index contributed by atoms with van der Waals surface area (Å²) < 4.78 is 13.5. The van der Waals surface area contributed by atoms with Crippen LogP contribution >= 0.6 is 15.9 Å². The summed E-state index contributed by atoms with van der Waals surface area (Å²) in [5.41, 5.74) is 2.67. The van der Waals surface area contributed by atoms with Gasteiger partial charge in [0.05, 0.1) is 12.1 Å². The van der Waals surface area contributed by atoms with Gasteiger partial charge in [0.2, 0.25) is 5.91 Å². The van der Waals surface area contributed by atoms with Crippen molar-refractivity contribution in [2.75, 3.05) is 5.32 Å². The smallest absolute Gasteiger partial charge is 0.228 e. The minimum Gasteiger partial charge on any atom is -0.325 e. The predicted molar refractivity (Wildman–Crippen MR) is 77.6 cm³/mol. The maximum atomic E-state index is 12.9. The van der Waals surface area contributed by atoms with Gasteiger partial charge in [-0.2, -0.15) is 0 Å². The SMILES string of the molecule is Cc1ccc(CC(=O)Nc2ccc(F)cc2Br)cc1. The van der Waals surface area contributed by atoms with Gasteiger partial charge in [-0.05, 0) is 46.6 Å². The van der Waals surface area contributed by atoms with E-state index < -0.39 is 0 Å². The van der Waals surface area contributed by atoms with Crippen LogP contribution in [0, 0.1) is 12.7 Å².